The third-order valence-corrected chi connectivity index (χ3v) is 13.5. The second kappa shape index (κ2) is 15.6. The normalized spacial score (nSPS) is 12.6. The van der Waals surface area contributed by atoms with Crippen LogP contribution in [0.3, 0.4) is 0 Å². The van der Waals surface area contributed by atoms with E-state index >= 15 is 0 Å². The minimum atomic E-state index is -0.230. The van der Waals surface area contributed by atoms with Crippen molar-refractivity contribution in [1.82, 2.24) is 0 Å². The van der Waals surface area contributed by atoms with E-state index in [1.165, 1.54) is 66.8 Å². The summed E-state index contributed by atoms with van der Waals surface area (Å²) < 4.78 is 6.21. The van der Waals surface area contributed by atoms with E-state index in [-0.39, 0.29) is 5.41 Å². The Morgan fingerprint density at radius 1 is 0.308 bits per heavy atom. The molecule has 12 rings (SSSR count). The molecule has 11 aromatic rings. The van der Waals surface area contributed by atoms with Crippen LogP contribution in [0.4, 0.5) is 17.1 Å². The number of benzene rings is 10. The highest BCUT2D eigenvalue weighted by atomic mass is 16.3. The summed E-state index contributed by atoms with van der Waals surface area (Å²) in [6.45, 7) is 4.76. The topological polar surface area (TPSA) is 16.4 Å². The number of para-hydroxylation sites is 2. The van der Waals surface area contributed by atoms with Crippen LogP contribution < -0.4 is 4.90 Å². The van der Waals surface area contributed by atoms with Crippen molar-refractivity contribution in [2.45, 2.75) is 19.3 Å². The van der Waals surface area contributed by atoms with Gasteiger partial charge >= 0.3 is 0 Å². The molecule has 0 atom stereocenters. The first-order valence-corrected chi connectivity index (χ1v) is 22.5. The van der Waals surface area contributed by atoms with E-state index in [2.05, 4.69) is 243 Å². The van der Waals surface area contributed by atoms with Gasteiger partial charge in [-0.25, -0.2) is 0 Å². The van der Waals surface area contributed by atoms with Crippen LogP contribution >= 0.6 is 0 Å². The SMILES string of the molecule is CC1(C)c2cc(-c3ccc(-c4ccc(-c5ccccc5)cc4)cc3)ccc2-c2ccc(N(c3cccc(-c4ccc5oc6ccccc6c5c4)c3)c3ccccc3-c3ccccc3)cc21. The second-order valence-corrected chi connectivity index (χ2v) is 17.7. The van der Waals surface area contributed by atoms with Crippen molar-refractivity contribution in [3.8, 4) is 66.8 Å². The summed E-state index contributed by atoms with van der Waals surface area (Å²) in [6.07, 6.45) is 0. The number of hydrogen-bond acceptors (Lipinski definition) is 2. The van der Waals surface area contributed by atoms with Crippen molar-refractivity contribution in [2.75, 3.05) is 4.90 Å². The fourth-order valence-electron chi connectivity index (χ4n) is 10.1. The van der Waals surface area contributed by atoms with Gasteiger partial charge in [0.1, 0.15) is 11.2 Å². The molecule has 0 radical (unpaired) electrons. The Labute approximate surface area is 380 Å². The number of fused-ring (bicyclic) bond motifs is 6. The monoisotopic (exact) mass is 831 g/mol. The van der Waals surface area contributed by atoms with Crippen LogP contribution in [0.1, 0.15) is 25.0 Å². The lowest BCUT2D eigenvalue weighted by atomic mass is 9.81. The Morgan fingerprint density at radius 2 is 0.785 bits per heavy atom. The van der Waals surface area contributed by atoms with Crippen molar-refractivity contribution in [3.05, 3.63) is 248 Å². The van der Waals surface area contributed by atoms with Crippen LogP contribution in [0, 0.1) is 0 Å². The summed E-state index contributed by atoms with van der Waals surface area (Å²) in [6, 6.07) is 85.9. The molecule has 2 nitrogen and oxygen atoms in total. The standard InChI is InChI=1S/C63H45NO/c1-63(2)58-40-50(46-30-28-45(29-31-46)44-26-24-43(25-27-44)42-14-5-3-6-15-42)32-35-54(58)55-36-34-52(41-59(55)63)64(60-22-11-9-20-53(60)47-16-7-4-8-17-47)51-19-13-18-48(38-51)49-33-37-62-57(39-49)56-21-10-12-23-61(56)65-62/h3-41H,1-2H3. The van der Waals surface area contributed by atoms with E-state index in [0.717, 1.165) is 50.1 Å². The zero-order valence-corrected chi connectivity index (χ0v) is 36.4. The zero-order chi connectivity index (χ0) is 43.5. The molecule has 0 amide bonds. The minimum Gasteiger partial charge on any atom is -0.456 e. The van der Waals surface area contributed by atoms with Crippen LogP contribution in [0.2, 0.25) is 0 Å². The molecule has 1 aliphatic rings. The van der Waals surface area contributed by atoms with Crippen molar-refractivity contribution in [2.24, 2.45) is 0 Å². The molecule has 0 N–H and O–H groups in total. The molecule has 1 aliphatic carbocycles. The molecule has 2 heteroatoms. The van der Waals surface area contributed by atoms with Crippen LogP contribution in [0.25, 0.3) is 88.7 Å². The van der Waals surface area contributed by atoms with Crippen molar-refractivity contribution < 1.29 is 4.42 Å². The first kappa shape index (κ1) is 38.5. The smallest absolute Gasteiger partial charge is 0.135 e. The van der Waals surface area contributed by atoms with Gasteiger partial charge in [0.05, 0.1) is 5.69 Å². The highest BCUT2D eigenvalue weighted by Gasteiger charge is 2.36. The highest BCUT2D eigenvalue weighted by molar-refractivity contribution is 6.06. The van der Waals surface area contributed by atoms with Crippen molar-refractivity contribution in [3.63, 3.8) is 0 Å². The summed E-state index contributed by atoms with van der Waals surface area (Å²) in [5.41, 5.74) is 22.2. The minimum absolute atomic E-state index is 0.230. The maximum Gasteiger partial charge on any atom is 0.135 e. The predicted octanol–water partition coefficient (Wildman–Crippen LogP) is 17.7. The van der Waals surface area contributed by atoms with E-state index in [4.69, 9.17) is 4.42 Å². The van der Waals surface area contributed by atoms with Gasteiger partial charge in [-0.1, -0.05) is 196 Å². The summed E-state index contributed by atoms with van der Waals surface area (Å²) in [4.78, 5) is 2.44. The predicted molar refractivity (Wildman–Crippen MR) is 273 cm³/mol. The summed E-state index contributed by atoms with van der Waals surface area (Å²) >= 11 is 0. The van der Waals surface area contributed by atoms with Crippen LogP contribution in [-0.4, -0.2) is 0 Å². The Morgan fingerprint density at radius 3 is 1.51 bits per heavy atom. The first-order valence-electron chi connectivity index (χ1n) is 22.5. The highest BCUT2D eigenvalue weighted by Crippen LogP contribution is 2.52. The Balaban J connectivity index is 0.913. The van der Waals surface area contributed by atoms with Gasteiger partial charge in [-0.05, 0) is 127 Å². The molecule has 65 heavy (non-hydrogen) atoms. The number of nitrogens with zero attached hydrogens (tertiary/aromatic N) is 1. The lowest BCUT2D eigenvalue weighted by Crippen LogP contribution is -2.17. The van der Waals surface area contributed by atoms with Crippen LogP contribution in [0.15, 0.2) is 241 Å². The molecule has 1 aromatic heterocycles. The fourth-order valence-corrected chi connectivity index (χ4v) is 10.1. The van der Waals surface area contributed by atoms with Crippen LogP contribution in [0.5, 0.6) is 0 Å². The summed E-state index contributed by atoms with van der Waals surface area (Å²) in [7, 11) is 0. The van der Waals surface area contributed by atoms with Crippen LogP contribution in [-0.2, 0) is 5.41 Å². The van der Waals surface area contributed by atoms with Gasteiger partial charge in [0.15, 0.2) is 0 Å². The quantitative estimate of drug-likeness (QED) is 0.152. The van der Waals surface area contributed by atoms with Gasteiger partial charge in [-0.2, -0.15) is 0 Å². The number of furan rings is 1. The van der Waals surface area contributed by atoms with Gasteiger partial charge in [0.25, 0.3) is 0 Å². The molecule has 0 saturated heterocycles. The van der Waals surface area contributed by atoms with Gasteiger partial charge < -0.3 is 9.32 Å². The third kappa shape index (κ3) is 6.74. The maximum absolute atomic E-state index is 6.21. The largest absolute Gasteiger partial charge is 0.456 e. The molecule has 0 spiro atoms. The molecular formula is C63H45NO. The first-order chi connectivity index (χ1) is 32.0. The number of rotatable bonds is 8. The van der Waals surface area contributed by atoms with Gasteiger partial charge in [-0.15, -0.1) is 0 Å². The van der Waals surface area contributed by atoms with Crippen molar-refractivity contribution >= 4 is 39.0 Å². The molecule has 10 aromatic carbocycles. The molecule has 1 heterocycles. The molecular weight excluding hydrogens is 787 g/mol. The summed E-state index contributed by atoms with van der Waals surface area (Å²) in [5.74, 6) is 0. The van der Waals surface area contributed by atoms with E-state index in [1.54, 1.807) is 0 Å². The van der Waals surface area contributed by atoms with Crippen molar-refractivity contribution in [1.29, 1.82) is 0 Å². The Kier molecular flexibility index (Phi) is 9.21. The van der Waals surface area contributed by atoms with Gasteiger partial charge in [0.2, 0.25) is 0 Å². The Bertz CT molecular complexity index is 3540. The van der Waals surface area contributed by atoms with Gasteiger partial charge in [0, 0.05) is 33.1 Å². The van der Waals surface area contributed by atoms with E-state index in [1.807, 2.05) is 12.1 Å². The summed E-state index contributed by atoms with van der Waals surface area (Å²) in [5, 5.41) is 2.26. The maximum atomic E-state index is 6.21. The molecule has 0 bridgehead atoms. The fraction of sp³-hybridized carbons (Fsp3) is 0.0476. The number of hydrogen-bond donors (Lipinski definition) is 0. The van der Waals surface area contributed by atoms with E-state index in [0.29, 0.717) is 0 Å². The van der Waals surface area contributed by atoms with Gasteiger partial charge in [-0.3, -0.25) is 0 Å². The number of anilines is 3. The molecule has 0 fully saturated rings. The van der Waals surface area contributed by atoms with E-state index in [9.17, 15) is 0 Å². The molecule has 0 unspecified atom stereocenters. The lowest BCUT2D eigenvalue weighted by molar-refractivity contribution is 0.660. The zero-order valence-electron chi connectivity index (χ0n) is 36.4. The molecule has 0 aliphatic heterocycles. The second-order valence-electron chi connectivity index (χ2n) is 17.7. The molecule has 308 valence electrons. The third-order valence-electron chi connectivity index (χ3n) is 13.5. The molecule has 0 saturated carbocycles. The van der Waals surface area contributed by atoms with E-state index < -0.39 is 0 Å². The Hall–Kier alpha value is -8.20. The average Bonchev–Trinajstić information content (AvgIpc) is 3.85. The lowest BCUT2D eigenvalue weighted by Gasteiger charge is -2.30. The average molecular weight is 832 g/mol.